The minimum atomic E-state index is 0.581. The van der Waals surface area contributed by atoms with E-state index in [0.29, 0.717) is 12.4 Å². The lowest BCUT2D eigenvalue weighted by Crippen LogP contribution is -2.08. The summed E-state index contributed by atoms with van der Waals surface area (Å²) in [5.74, 6) is 5.81. The van der Waals surface area contributed by atoms with Crippen molar-refractivity contribution in [1.29, 1.82) is 0 Å². The molecule has 0 fully saturated rings. The highest BCUT2D eigenvalue weighted by Gasteiger charge is 1.93. The van der Waals surface area contributed by atoms with E-state index in [-0.39, 0.29) is 0 Å². The molecule has 0 saturated heterocycles. The average molecular weight is 153 g/mol. The molecule has 0 spiro atoms. The van der Waals surface area contributed by atoms with Crippen molar-refractivity contribution in [1.82, 2.24) is 4.98 Å². The Hall–Kier alpha value is -1.13. The number of nitrogens with two attached hydrogens (primary N) is 1. The Morgan fingerprint density at radius 3 is 3.18 bits per heavy atom. The number of anilines is 1. The van der Waals surface area contributed by atoms with Gasteiger partial charge in [0.1, 0.15) is 5.82 Å². The van der Waals surface area contributed by atoms with Crippen LogP contribution in [-0.2, 0) is 11.3 Å². The van der Waals surface area contributed by atoms with E-state index in [4.69, 9.17) is 10.6 Å². The van der Waals surface area contributed by atoms with Crippen molar-refractivity contribution < 1.29 is 4.74 Å². The number of nitrogens with zero attached hydrogens (tertiary/aromatic N) is 1. The summed E-state index contributed by atoms with van der Waals surface area (Å²) in [6, 6.07) is 3.72. The first-order valence-electron chi connectivity index (χ1n) is 3.27. The maximum atomic E-state index is 5.16. The maximum absolute atomic E-state index is 5.16. The number of nitrogen functional groups attached to an aromatic ring is 1. The highest BCUT2D eigenvalue weighted by Crippen LogP contribution is 2.05. The monoisotopic (exact) mass is 153 g/mol. The summed E-state index contributed by atoms with van der Waals surface area (Å²) in [6.07, 6.45) is 1.68. The normalized spacial score (nSPS) is 9.64. The van der Waals surface area contributed by atoms with Crippen LogP contribution in [0, 0.1) is 0 Å². The van der Waals surface area contributed by atoms with Gasteiger partial charge in [0.25, 0.3) is 0 Å². The molecule has 1 aromatic rings. The highest BCUT2D eigenvalue weighted by molar-refractivity contribution is 5.35. The van der Waals surface area contributed by atoms with Crippen LogP contribution < -0.4 is 11.3 Å². The zero-order valence-electron chi connectivity index (χ0n) is 6.37. The number of ether oxygens (including phenoxy) is 1. The highest BCUT2D eigenvalue weighted by atomic mass is 16.5. The zero-order chi connectivity index (χ0) is 8.10. The second kappa shape index (κ2) is 3.90. The van der Waals surface area contributed by atoms with E-state index < -0.39 is 0 Å². The number of rotatable bonds is 3. The van der Waals surface area contributed by atoms with E-state index in [0.717, 1.165) is 5.56 Å². The number of hydrazine groups is 1. The van der Waals surface area contributed by atoms with E-state index in [1.807, 2.05) is 12.1 Å². The topological polar surface area (TPSA) is 60.2 Å². The lowest BCUT2D eigenvalue weighted by molar-refractivity contribution is 0.185. The molecule has 3 N–H and O–H groups in total. The van der Waals surface area contributed by atoms with Crippen molar-refractivity contribution in [3.05, 3.63) is 23.9 Å². The number of nitrogens with one attached hydrogen (secondary N) is 1. The molecular formula is C7H11N3O. The van der Waals surface area contributed by atoms with E-state index in [2.05, 4.69) is 10.4 Å². The molecule has 4 heteroatoms. The second-order valence-corrected chi connectivity index (χ2v) is 2.13. The molecule has 11 heavy (non-hydrogen) atoms. The molecular weight excluding hydrogens is 142 g/mol. The minimum Gasteiger partial charge on any atom is -0.380 e. The number of pyridine rings is 1. The smallest absolute Gasteiger partial charge is 0.140 e. The Labute approximate surface area is 65.4 Å². The lowest BCUT2D eigenvalue weighted by atomic mass is 10.3. The van der Waals surface area contributed by atoms with Crippen molar-refractivity contribution in [2.75, 3.05) is 12.5 Å². The number of methoxy groups -OCH3 is 1. The molecule has 0 saturated carbocycles. The molecule has 0 unspecified atom stereocenters. The SMILES string of the molecule is COCc1ccnc(NN)c1. The Kier molecular flexibility index (Phi) is 2.83. The summed E-state index contributed by atoms with van der Waals surface area (Å²) >= 11 is 0. The molecule has 0 atom stereocenters. The Bertz CT molecular complexity index is 227. The number of aromatic nitrogens is 1. The first-order valence-corrected chi connectivity index (χ1v) is 3.27. The second-order valence-electron chi connectivity index (χ2n) is 2.13. The van der Waals surface area contributed by atoms with E-state index in [9.17, 15) is 0 Å². The van der Waals surface area contributed by atoms with Crippen LogP contribution in [0.5, 0.6) is 0 Å². The van der Waals surface area contributed by atoms with Gasteiger partial charge in [0.15, 0.2) is 0 Å². The van der Waals surface area contributed by atoms with E-state index in [1.165, 1.54) is 0 Å². The summed E-state index contributed by atoms with van der Waals surface area (Å²) in [6.45, 7) is 0.581. The molecule has 1 heterocycles. The summed E-state index contributed by atoms with van der Waals surface area (Å²) in [7, 11) is 1.65. The van der Waals surface area contributed by atoms with Gasteiger partial charge in [-0.25, -0.2) is 10.8 Å². The van der Waals surface area contributed by atoms with Crippen molar-refractivity contribution in [3.63, 3.8) is 0 Å². The maximum Gasteiger partial charge on any atom is 0.140 e. The van der Waals surface area contributed by atoms with E-state index in [1.54, 1.807) is 13.3 Å². The molecule has 1 rings (SSSR count). The van der Waals surface area contributed by atoms with Crippen LogP contribution in [-0.4, -0.2) is 12.1 Å². The van der Waals surface area contributed by atoms with Crippen LogP contribution in [0.3, 0.4) is 0 Å². The number of hydrogen-bond acceptors (Lipinski definition) is 4. The van der Waals surface area contributed by atoms with Gasteiger partial charge in [-0.05, 0) is 17.7 Å². The standard InChI is InChI=1S/C7H11N3O/c1-11-5-6-2-3-9-7(4-6)10-8/h2-4H,5,8H2,1H3,(H,9,10). The molecule has 0 aliphatic carbocycles. The van der Waals surface area contributed by atoms with Crippen LogP contribution in [0.15, 0.2) is 18.3 Å². The van der Waals surface area contributed by atoms with Gasteiger partial charge in [0.2, 0.25) is 0 Å². The van der Waals surface area contributed by atoms with Gasteiger partial charge in [-0.3, -0.25) is 0 Å². The molecule has 4 nitrogen and oxygen atoms in total. The molecule has 1 aromatic heterocycles. The van der Waals surface area contributed by atoms with Crippen molar-refractivity contribution in [2.24, 2.45) is 5.84 Å². The van der Waals surface area contributed by atoms with Gasteiger partial charge in [0, 0.05) is 13.3 Å². The fourth-order valence-corrected chi connectivity index (χ4v) is 0.810. The molecule has 0 amide bonds. The Morgan fingerprint density at radius 2 is 2.55 bits per heavy atom. The molecule has 0 aliphatic heterocycles. The molecule has 0 aliphatic rings. The van der Waals surface area contributed by atoms with E-state index >= 15 is 0 Å². The summed E-state index contributed by atoms with van der Waals surface area (Å²) in [4.78, 5) is 3.95. The third-order valence-corrected chi connectivity index (χ3v) is 1.28. The Morgan fingerprint density at radius 1 is 1.73 bits per heavy atom. The Balaban J connectivity index is 2.74. The van der Waals surface area contributed by atoms with Crippen LogP contribution in [0.25, 0.3) is 0 Å². The van der Waals surface area contributed by atoms with Crippen LogP contribution in [0.2, 0.25) is 0 Å². The van der Waals surface area contributed by atoms with Crippen LogP contribution in [0.4, 0.5) is 5.82 Å². The largest absolute Gasteiger partial charge is 0.380 e. The van der Waals surface area contributed by atoms with Crippen molar-refractivity contribution in [2.45, 2.75) is 6.61 Å². The van der Waals surface area contributed by atoms with Gasteiger partial charge in [-0.15, -0.1) is 0 Å². The predicted molar refractivity (Wildman–Crippen MR) is 42.8 cm³/mol. The predicted octanol–water partition coefficient (Wildman–Crippen LogP) is 0.514. The quantitative estimate of drug-likeness (QED) is 0.490. The van der Waals surface area contributed by atoms with Crippen molar-refractivity contribution in [3.8, 4) is 0 Å². The van der Waals surface area contributed by atoms with Gasteiger partial charge in [0.05, 0.1) is 6.61 Å². The van der Waals surface area contributed by atoms with Gasteiger partial charge in [-0.2, -0.15) is 0 Å². The third kappa shape index (κ3) is 2.18. The van der Waals surface area contributed by atoms with Crippen molar-refractivity contribution >= 4 is 5.82 Å². The van der Waals surface area contributed by atoms with Crippen LogP contribution >= 0.6 is 0 Å². The fourth-order valence-electron chi connectivity index (χ4n) is 0.810. The van der Waals surface area contributed by atoms with Gasteiger partial charge in [-0.1, -0.05) is 0 Å². The van der Waals surface area contributed by atoms with Crippen LogP contribution in [0.1, 0.15) is 5.56 Å². The summed E-state index contributed by atoms with van der Waals surface area (Å²) in [5, 5.41) is 0. The lowest BCUT2D eigenvalue weighted by Gasteiger charge is -2.01. The van der Waals surface area contributed by atoms with Gasteiger partial charge < -0.3 is 10.2 Å². The first kappa shape index (κ1) is 7.97. The zero-order valence-corrected chi connectivity index (χ0v) is 6.37. The molecule has 0 aromatic carbocycles. The summed E-state index contributed by atoms with van der Waals surface area (Å²) < 4.78 is 4.93. The molecule has 0 bridgehead atoms. The minimum absolute atomic E-state index is 0.581. The number of hydrogen-bond donors (Lipinski definition) is 2. The first-order chi connectivity index (χ1) is 5.36. The summed E-state index contributed by atoms with van der Waals surface area (Å²) in [5.41, 5.74) is 3.51. The van der Waals surface area contributed by atoms with Gasteiger partial charge >= 0.3 is 0 Å². The average Bonchev–Trinajstić information content (AvgIpc) is 2.06. The molecule has 0 radical (unpaired) electrons. The molecule has 60 valence electrons. The fraction of sp³-hybridized carbons (Fsp3) is 0.286. The third-order valence-electron chi connectivity index (χ3n) is 1.28.